The van der Waals surface area contributed by atoms with E-state index < -0.39 is 0 Å². The van der Waals surface area contributed by atoms with Gasteiger partial charge in [0, 0.05) is 13.5 Å². The van der Waals surface area contributed by atoms with Gasteiger partial charge in [-0.25, -0.2) is 0 Å². The molecule has 0 bridgehead atoms. The minimum atomic E-state index is -0.362. The van der Waals surface area contributed by atoms with Crippen molar-refractivity contribution in [1.29, 1.82) is 0 Å². The first kappa shape index (κ1) is 13.5. The van der Waals surface area contributed by atoms with E-state index in [9.17, 15) is 14.4 Å². The summed E-state index contributed by atoms with van der Waals surface area (Å²) >= 11 is 0. The number of rotatable bonds is 6. The van der Waals surface area contributed by atoms with Gasteiger partial charge in [0.05, 0.1) is 13.1 Å². The largest absolute Gasteiger partial charge is 0.354 e. The first-order valence-corrected chi connectivity index (χ1v) is 5.85. The van der Waals surface area contributed by atoms with E-state index in [1.54, 1.807) is 0 Å². The maximum Gasteiger partial charge on any atom is 0.239 e. The van der Waals surface area contributed by atoms with Crippen LogP contribution in [0.5, 0.6) is 0 Å². The number of hydrogen-bond donors (Lipinski definition) is 3. The highest BCUT2D eigenvalue weighted by atomic mass is 16.2. The molecule has 0 heterocycles. The van der Waals surface area contributed by atoms with E-state index in [1.807, 2.05) is 0 Å². The molecule has 1 rings (SSSR count). The van der Waals surface area contributed by atoms with Gasteiger partial charge in [0.2, 0.25) is 17.7 Å². The highest BCUT2D eigenvalue weighted by molar-refractivity contribution is 5.87. The Labute approximate surface area is 101 Å². The molecule has 6 heteroatoms. The summed E-state index contributed by atoms with van der Waals surface area (Å²) < 4.78 is 0. The minimum absolute atomic E-state index is 0.0366. The van der Waals surface area contributed by atoms with Crippen LogP contribution in [0.2, 0.25) is 0 Å². The molecule has 0 aromatic carbocycles. The van der Waals surface area contributed by atoms with E-state index in [0.29, 0.717) is 12.5 Å². The maximum absolute atomic E-state index is 11.3. The van der Waals surface area contributed by atoms with Gasteiger partial charge in [-0.1, -0.05) is 6.42 Å². The number of hydrogen-bond acceptors (Lipinski definition) is 3. The van der Waals surface area contributed by atoms with Crippen LogP contribution in [0.15, 0.2) is 0 Å². The van der Waals surface area contributed by atoms with Gasteiger partial charge >= 0.3 is 0 Å². The molecule has 0 aromatic heterocycles. The highest BCUT2D eigenvalue weighted by Gasteiger charge is 2.17. The van der Waals surface area contributed by atoms with Crippen LogP contribution in [0.4, 0.5) is 0 Å². The van der Waals surface area contributed by atoms with Gasteiger partial charge in [0.25, 0.3) is 0 Å². The van der Waals surface area contributed by atoms with Gasteiger partial charge in [-0.3, -0.25) is 14.4 Å². The van der Waals surface area contributed by atoms with E-state index in [0.717, 1.165) is 0 Å². The molecular formula is C11H19N3O3. The Morgan fingerprint density at radius 1 is 1.00 bits per heavy atom. The Bertz CT molecular complexity index is 300. The number of nitrogens with one attached hydrogen (secondary N) is 3. The first-order valence-electron chi connectivity index (χ1n) is 5.85. The molecular weight excluding hydrogens is 222 g/mol. The van der Waals surface area contributed by atoms with E-state index >= 15 is 0 Å². The summed E-state index contributed by atoms with van der Waals surface area (Å²) in [5.41, 5.74) is 0. The van der Waals surface area contributed by atoms with Gasteiger partial charge in [0.15, 0.2) is 0 Å². The Kier molecular flexibility index (Phi) is 5.45. The normalized spacial score (nSPS) is 14.6. The summed E-state index contributed by atoms with van der Waals surface area (Å²) in [6.45, 7) is 1.90. The van der Waals surface area contributed by atoms with Crippen LogP contribution in [0, 0.1) is 5.92 Å². The van der Waals surface area contributed by atoms with Gasteiger partial charge < -0.3 is 16.0 Å². The number of amides is 3. The zero-order valence-electron chi connectivity index (χ0n) is 10.0. The SMILES string of the molecule is CC(=O)NCC(=O)NCC(=O)NCC1CCC1. The third-order valence-electron chi connectivity index (χ3n) is 2.76. The molecule has 6 nitrogen and oxygen atoms in total. The molecule has 96 valence electrons. The fraction of sp³-hybridized carbons (Fsp3) is 0.727. The average Bonchev–Trinajstić information content (AvgIpc) is 2.21. The molecule has 1 saturated carbocycles. The number of carbonyl (C=O) groups excluding carboxylic acids is 3. The van der Waals surface area contributed by atoms with Gasteiger partial charge in [0.1, 0.15) is 0 Å². The van der Waals surface area contributed by atoms with Crippen molar-refractivity contribution < 1.29 is 14.4 Å². The summed E-state index contributed by atoms with van der Waals surface area (Å²) in [5, 5.41) is 7.55. The summed E-state index contributed by atoms with van der Waals surface area (Å²) in [6, 6.07) is 0. The van der Waals surface area contributed by atoms with Crippen LogP contribution < -0.4 is 16.0 Å². The van der Waals surface area contributed by atoms with Gasteiger partial charge in [-0.15, -0.1) is 0 Å². The summed E-state index contributed by atoms with van der Waals surface area (Å²) in [7, 11) is 0. The fourth-order valence-corrected chi connectivity index (χ4v) is 1.46. The van der Waals surface area contributed by atoms with Gasteiger partial charge in [-0.05, 0) is 18.8 Å². The Hall–Kier alpha value is -1.59. The molecule has 1 aliphatic carbocycles. The predicted octanol–water partition coefficient (Wildman–Crippen LogP) is -0.845. The van der Waals surface area contributed by atoms with Crippen molar-refractivity contribution in [2.45, 2.75) is 26.2 Å². The lowest BCUT2D eigenvalue weighted by molar-refractivity contribution is -0.127. The van der Waals surface area contributed by atoms with Crippen LogP contribution in [0.1, 0.15) is 26.2 Å². The Balaban J connectivity index is 2.01. The van der Waals surface area contributed by atoms with Crippen molar-refractivity contribution in [3.8, 4) is 0 Å². The molecule has 3 N–H and O–H groups in total. The molecule has 17 heavy (non-hydrogen) atoms. The third kappa shape index (κ3) is 5.89. The van der Waals surface area contributed by atoms with Crippen molar-refractivity contribution >= 4 is 17.7 Å². The molecule has 0 spiro atoms. The number of carbonyl (C=O) groups is 3. The zero-order valence-corrected chi connectivity index (χ0v) is 10.0. The van der Waals surface area contributed by atoms with Crippen LogP contribution in [-0.4, -0.2) is 37.4 Å². The summed E-state index contributed by atoms with van der Waals surface area (Å²) in [6.07, 6.45) is 3.60. The lowest BCUT2D eigenvalue weighted by Crippen LogP contribution is -2.43. The second kappa shape index (κ2) is 6.88. The lowest BCUT2D eigenvalue weighted by atomic mass is 9.85. The maximum atomic E-state index is 11.3. The Morgan fingerprint density at radius 3 is 2.12 bits per heavy atom. The molecule has 1 fully saturated rings. The van der Waals surface area contributed by atoms with Crippen molar-refractivity contribution in [3.63, 3.8) is 0 Å². The fourth-order valence-electron chi connectivity index (χ4n) is 1.46. The first-order chi connectivity index (χ1) is 8.08. The van der Waals surface area contributed by atoms with Crippen molar-refractivity contribution in [2.75, 3.05) is 19.6 Å². The minimum Gasteiger partial charge on any atom is -0.354 e. The molecule has 0 radical (unpaired) electrons. The molecule has 1 aliphatic rings. The summed E-state index contributed by atoms with van der Waals surface area (Å²) in [5.74, 6) is -0.212. The molecule has 0 saturated heterocycles. The third-order valence-corrected chi connectivity index (χ3v) is 2.76. The summed E-state index contributed by atoms with van der Waals surface area (Å²) in [4.78, 5) is 33.0. The molecule has 0 aliphatic heterocycles. The van der Waals surface area contributed by atoms with Gasteiger partial charge in [-0.2, -0.15) is 0 Å². The smallest absolute Gasteiger partial charge is 0.239 e. The van der Waals surface area contributed by atoms with Crippen LogP contribution >= 0.6 is 0 Å². The molecule has 0 atom stereocenters. The lowest BCUT2D eigenvalue weighted by Gasteiger charge is -2.25. The second-order valence-electron chi connectivity index (χ2n) is 4.29. The predicted molar refractivity (Wildman–Crippen MR) is 62.0 cm³/mol. The standard InChI is InChI=1S/C11H19N3O3/c1-8(15)12-6-10(16)14-7-11(17)13-5-9-3-2-4-9/h9H,2-7H2,1H3,(H,12,15)(H,13,17)(H,14,16). The van der Waals surface area contributed by atoms with E-state index in [4.69, 9.17) is 0 Å². The van der Waals surface area contributed by atoms with Crippen LogP contribution in [0.25, 0.3) is 0 Å². The van der Waals surface area contributed by atoms with Crippen LogP contribution in [-0.2, 0) is 14.4 Å². The molecule has 3 amide bonds. The van der Waals surface area contributed by atoms with E-state index in [2.05, 4.69) is 16.0 Å². The van der Waals surface area contributed by atoms with Crippen molar-refractivity contribution in [2.24, 2.45) is 5.92 Å². The quantitative estimate of drug-likeness (QED) is 0.566. The van der Waals surface area contributed by atoms with Crippen LogP contribution in [0.3, 0.4) is 0 Å². The zero-order chi connectivity index (χ0) is 12.7. The van der Waals surface area contributed by atoms with Crippen molar-refractivity contribution in [1.82, 2.24) is 16.0 Å². The molecule has 0 unspecified atom stereocenters. The van der Waals surface area contributed by atoms with Crippen molar-refractivity contribution in [3.05, 3.63) is 0 Å². The second-order valence-corrected chi connectivity index (χ2v) is 4.29. The Morgan fingerprint density at radius 2 is 1.59 bits per heavy atom. The topological polar surface area (TPSA) is 87.3 Å². The van der Waals surface area contributed by atoms with E-state index in [-0.39, 0.29) is 30.8 Å². The monoisotopic (exact) mass is 241 g/mol. The van der Waals surface area contributed by atoms with E-state index in [1.165, 1.54) is 26.2 Å². The molecule has 0 aromatic rings. The highest BCUT2D eigenvalue weighted by Crippen LogP contribution is 2.24. The average molecular weight is 241 g/mol.